The molecule has 5 rings (SSSR count). The lowest BCUT2D eigenvalue weighted by molar-refractivity contribution is -0.143. The fourth-order valence-electron chi connectivity index (χ4n) is 4.36. The van der Waals surface area contributed by atoms with E-state index in [-0.39, 0.29) is 22.8 Å². The Kier molecular flexibility index (Phi) is 8.07. The summed E-state index contributed by atoms with van der Waals surface area (Å²) >= 11 is 8.67. The normalized spacial score (nSPS) is 15.2. The second-order valence-corrected chi connectivity index (χ2v) is 11.8. The molecule has 0 spiro atoms. The highest BCUT2D eigenvalue weighted by atomic mass is 35.5. The van der Waals surface area contributed by atoms with Crippen molar-refractivity contribution in [2.75, 3.05) is 7.11 Å². The zero-order valence-electron chi connectivity index (χ0n) is 22.7. The number of nitrogens with one attached hydrogen (secondary N) is 1. The second kappa shape index (κ2) is 11.6. The number of nitrogens with zero attached hydrogens (tertiary/aromatic N) is 3. The van der Waals surface area contributed by atoms with E-state index in [1.807, 2.05) is 0 Å². The number of aryl methyl sites for hydroxylation is 1. The molecule has 0 bridgehead atoms. The number of carbonyl (C=O) groups excluding carboxylic acids is 1. The molecule has 0 unspecified atom stereocenters. The van der Waals surface area contributed by atoms with Gasteiger partial charge in [0.25, 0.3) is 11.1 Å². The number of ether oxygens (including phenoxy) is 2. The van der Waals surface area contributed by atoms with Crippen molar-refractivity contribution in [2.24, 2.45) is 4.99 Å². The minimum atomic E-state index is -0.889. The SMILES string of the molecule is COc1ccc(Cl)cc1[C@@H]1C(C(=O)OC(C)C)=C(C)N=c2s/c(=C\c3ccc(Sc4nc(C)cc(=O)[nH]4)o3)c(=O)n21. The summed E-state index contributed by atoms with van der Waals surface area (Å²) in [6.07, 6.45) is 1.23. The van der Waals surface area contributed by atoms with Crippen LogP contribution in [0.5, 0.6) is 5.75 Å². The maximum absolute atomic E-state index is 13.9. The summed E-state index contributed by atoms with van der Waals surface area (Å²) in [5.41, 5.74) is 1.11. The Balaban J connectivity index is 1.62. The summed E-state index contributed by atoms with van der Waals surface area (Å²) in [5.74, 6) is 0.284. The van der Waals surface area contributed by atoms with E-state index in [2.05, 4.69) is 15.0 Å². The Morgan fingerprint density at radius 1 is 1.22 bits per heavy atom. The average molecular weight is 613 g/mol. The van der Waals surface area contributed by atoms with E-state index in [0.29, 0.717) is 53.1 Å². The van der Waals surface area contributed by atoms with Crippen molar-refractivity contribution in [3.05, 3.63) is 99.7 Å². The van der Waals surface area contributed by atoms with Gasteiger partial charge in [0.15, 0.2) is 15.1 Å². The molecular formula is C28H25ClN4O6S2. The summed E-state index contributed by atoms with van der Waals surface area (Å²) in [6.45, 7) is 6.94. The number of furan rings is 1. The van der Waals surface area contributed by atoms with Crippen LogP contribution in [-0.2, 0) is 9.53 Å². The molecule has 0 aliphatic carbocycles. The van der Waals surface area contributed by atoms with Gasteiger partial charge in [0, 0.05) is 28.4 Å². The lowest BCUT2D eigenvalue weighted by atomic mass is 9.95. The Bertz CT molecular complexity index is 1940. The van der Waals surface area contributed by atoms with Gasteiger partial charge >= 0.3 is 5.97 Å². The number of benzene rings is 1. The third-order valence-corrected chi connectivity index (χ3v) is 8.02. The van der Waals surface area contributed by atoms with E-state index in [9.17, 15) is 14.4 Å². The van der Waals surface area contributed by atoms with Gasteiger partial charge in [0.05, 0.1) is 29.0 Å². The van der Waals surface area contributed by atoms with E-state index in [4.69, 9.17) is 25.5 Å². The van der Waals surface area contributed by atoms with Crippen LogP contribution in [0.15, 0.2) is 76.9 Å². The molecular weight excluding hydrogens is 588 g/mol. The van der Waals surface area contributed by atoms with Crippen molar-refractivity contribution in [3.8, 4) is 5.75 Å². The largest absolute Gasteiger partial charge is 0.496 e. The van der Waals surface area contributed by atoms with Crippen LogP contribution >= 0.6 is 34.7 Å². The minimum Gasteiger partial charge on any atom is -0.496 e. The zero-order chi connectivity index (χ0) is 29.4. The number of methoxy groups -OCH3 is 1. The lowest BCUT2D eigenvalue weighted by Crippen LogP contribution is -2.40. The number of aromatic amines is 1. The number of H-pyrrole nitrogens is 1. The first kappa shape index (κ1) is 28.7. The van der Waals surface area contributed by atoms with Gasteiger partial charge in [-0.3, -0.25) is 14.2 Å². The molecule has 4 aromatic rings. The van der Waals surface area contributed by atoms with Gasteiger partial charge in [-0.1, -0.05) is 22.9 Å². The number of hydrogen-bond donors (Lipinski definition) is 1. The van der Waals surface area contributed by atoms with Crippen LogP contribution in [0.3, 0.4) is 0 Å². The van der Waals surface area contributed by atoms with E-state index < -0.39 is 12.0 Å². The van der Waals surface area contributed by atoms with Crippen molar-refractivity contribution in [3.63, 3.8) is 0 Å². The molecule has 1 aromatic carbocycles. The predicted octanol–water partition coefficient (Wildman–Crippen LogP) is 3.98. The van der Waals surface area contributed by atoms with Gasteiger partial charge in [0.1, 0.15) is 17.6 Å². The molecule has 0 fully saturated rings. The van der Waals surface area contributed by atoms with Crippen LogP contribution in [0.1, 0.15) is 43.8 Å². The first-order valence-corrected chi connectivity index (χ1v) is 14.5. The molecule has 3 aromatic heterocycles. The van der Waals surface area contributed by atoms with Crippen LogP contribution in [0.2, 0.25) is 5.02 Å². The van der Waals surface area contributed by atoms with Gasteiger partial charge in [-0.15, -0.1) is 0 Å². The van der Waals surface area contributed by atoms with E-state index in [1.165, 1.54) is 17.7 Å². The molecule has 1 aliphatic rings. The van der Waals surface area contributed by atoms with Crippen molar-refractivity contribution >= 4 is 46.7 Å². The number of esters is 1. The monoisotopic (exact) mass is 612 g/mol. The number of allylic oxidation sites excluding steroid dienone is 1. The number of halogens is 1. The minimum absolute atomic E-state index is 0.217. The summed E-state index contributed by atoms with van der Waals surface area (Å²) in [5, 5.41) is 1.29. The highest BCUT2D eigenvalue weighted by Gasteiger charge is 2.35. The number of fused-ring (bicyclic) bond motifs is 1. The fourth-order valence-corrected chi connectivity index (χ4v) is 6.38. The van der Waals surface area contributed by atoms with Gasteiger partial charge in [-0.25, -0.2) is 14.8 Å². The number of aromatic nitrogens is 3. The smallest absolute Gasteiger partial charge is 0.338 e. The van der Waals surface area contributed by atoms with Crippen molar-refractivity contribution < 1.29 is 18.7 Å². The van der Waals surface area contributed by atoms with E-state index in [0.717, 1.165) is 23.1 Å². The Labute approximate surface area is 247 Å². The van der Waals surface area contributed by atoms with E-state index >= 15 is 0 Å². The maximum Gasteiger partial charge on any atom is 0.338 e. The van der Waals surface area contributed by atoms with Crippen LogP contribution in [0.25, 0.3) is 6.08 Å². The Morgan fingerprint density at radius 3 is 2.71 bits per heavy atom. The first-order chi connectivity index (χ1) is 19.5. The fraction of sp³-hybridized carbons (Fsp3) is 0.250. The molecule has 0 saturated heterocycles. The van der Waals surface area contributed by atoms with Gasteiger partial charge in [0.2, 0.25) is 0 Å². The topological polar surface area (TPSA) is 129 Å². The molecule has 4 heterocycles. The third kappa shape index (κ3) is 5.95. The first-order valence-electron chi connectivity index (χ1n) is 12.5. The van der Waals surface area contributed by atoms with Crippen LogP contribution in [-0.4, -0.2) is 33.7 Å². The summed E-state index contributed by atoms with van der Waals surface area (Å²) < 4.78 is 18.8. The molecule has 41 heavy (non-hydrogen) atoms. The van der Waals surface area contributed by atoms with Crippen LogP contribution in [0, 0.1) is 6.92 Å². The molecule has 0 saturated carbocycles. The molecule has 10 nitrogen and oxygen atoms in total. The molecule has 13 heteroatoms. The molecule has 0 radical (unpaired) electrons. The van der Waals surface area contributed by atoms with Crippen LogP contribution in [0.4, 0.5) is 0 Å². The highest BCUT2D eigenvalue weighted by molar-refractivity contribution is 7.99. The quantitative estimate of drug-likeness (QED) is 0.245. The summed E-state index contributed by atoms with van der Waals surface area (Å²) in [4.78, 5) is 50.9. The van der Waals surface area contributed by atoms with Gasteiger partial charge in [-0.05, 0) is 69.8 Å². The number of hydrogen-bond acceptors (Lipinski definition) is 10. The van der Waals surface area contributed by atoms with Crippen LogP contribution < -0.4 is 25.2 Å². The second-order valence-electron chi connectivity index (χ2n) is 9.37. The summed E-state index contributed by atoms with van der Waals surface area (Å²) in [7, 11) is 1.51. The Morgan fingerprint density at radius 2 is 2.00 bits per heavy atom. The van der Waals surface area contributed by atoms with E-state index in [1.54, 1.807) is 64.1 Å². The zero-order valence-corrected chi connectivity index (χ0v) is 25.1. The van der Waals surface area contributed by atoms with Gasteiger partial charge in [-0.2, -0.15) is 0 Å². The Hall–Kier alpha value is -3.87. The van der Waals surface area contributed by atoms with Gasteiger partial charge < -0.3 is 18.9 Å². The van der Waals surface area contributed by atoms with Crippen molar-refractivity contribution in [1.29, 1.82) is 0 Å². The number of thiazole rings is 1. The number of rotatable bonds is 7. The molecule has 0 amide bonds. The molecule has 1 aliphatic heterocycles. The summed E-state index contributed by atoms with van der Waals surface area (Å²) in [6, 6.07) is 8.97. The molecule has 1 atom stereocenters. The van der Waals surface area contributed by atoms with Crippen molar-refractivity contribution in [2.45, 2.75) is 50.1 Å². The van der Waals surface area contributed by atoms with Crippen molar-refractivity contribution in [1.82, 2.24) is 14.5 Å². The number of carbonyl (C=O) groups is 1. The highest BCUT2D eigenvalue weighted by Crippen LogP contribution is 2.37. The third-order valence-electron chi connectivity index (χ3n) is 5.99. The lowest BCUT2D eigenvalue weighted by Gasteiger charge is -2.26. The maximum atomic E-state index is 13.9. The average Bonchev–Trinajstić information content (AvgIpc) is 3.45. The molecule has 212 valence electrons. The predicted molar refractivity (Wildman–Crippen MR) is 155 cm³/mol. The molecule has 1 N–H and O–H groups in total. The standard InChI is InChI=1S/C28H25ClN4O6S2/c1-13(2)38-26(36)23-15(4)31-28-33(24(23)18-11-16(29)6-8-19(18)37-5)25(35)20(40-28)12-17-7-9-22(39-17)41-27-30-14(3)10-21(34)32-27/h6-13,24H,1-5H3,(H,30,32,34)/b20-12-/t24-/m1/s1.